The molecule has 0 bridgehead atoms. The fourth-order valence-electron chi connectivity index (χ4n) is 4.92. The number of hydrogen-bond donors (Lipinski definition) is 0. The van der Waals surface area contributed by atoms with Gasteiger partial charge in [0.25, 0.3) is 0 Å². The number of carbonyl (C=O) groups excluding carboxylic acids is 1. The second kappa shape index (κ2) is 30.5. The molecule has 0 aliphatic heterocycles. The van der Waals surface area contributed by atoms with Gasteiger partial charge in [-0.1, -0.05) is 122 Å². The molecule has 0 rings (SSSR count). The van der Waals surface area contributed by atoms with E-state index in [4.69, 9.17) is 9.47 Å². The monoisotopic (exact) mass is 538 g/mol. The Kier molecular flexibility index (Phi) is 29.7. The Hall–Kier alpha value is -1.03. The van der Waals surface area contributed by atoms with E-state index in [-0.39, 0.29) is 6.10 Å². The highest BCUT2D eigenvalue weighted by molar-refractivity contribution is 5.60. The van der Waals surface area contributed by atoms with Gasteiger partial charge in [0.05, 0.1) is 6.61 Å². The first kappa shape index (κ1) is 37.0. The van der Waals surface area contributed by atoms with Crippen LogP contribution in [-0.2, 0) is 9.47 Å². The highest BCUT2D eigenvalue weighted by Crippen LogP contribution is 2.18. The van der Waals surface area contributed by atoms with Gasteiger partial charge in [0, 0.05) is 6.54 Å². The lowest BCUT2D eigenvalue weighted by atomic mass is 10.0. The van der Waals surface area contributed by atoms with E-state index in [2.05, 4.69) is 30.9 Å². The number of rotatable bonds is 29. The molecule has 0 radical (unpaired) electrons. The first-order chi connectivity index (χ1) is 18.6. The Morgan fingerprint density at radius 3 is 1.47 bits per heavy atom. The van der Waals surface area contributed by atoms with Crippen LogP contribution in [0.25, 0.3) is 0 Å². The van der Waals surface area contributed by atoms with Crippen molar-refractivity contribution in [3.05, 3.63) is 12.2 Å². The summed E-state index contributed by atoms with van der Waals surface area (Å²) in [5.41, 5.74) is 0. The molecule has 0 aliphatic rings. The zero-order valence-electron chi connectivity index (χ0n) is 26.3. The van der Waals surface area contributed by atoms with Gasteiger partial charge in [0.2, 0.25) is 0 Å². The second-order valence-corrected chi connectivity index (χ2v) is 11.6. The standard InChI is InChI=1S/C34H67NO3/c1-5-7-9-11-13-15-16-17-18-19-20-21-23-25-27-30-33(29-26-24-22-14-12-10-8-6-2)38-34(36)37-32-28-31-35(3)4/h17-18,33H,5-16,19-32H2,1-4H3/b18-17-. The maximum absolute atomic E-state index is 12.2. The van der Waals surface area contributed by atoms with Crippen molar-refractivity contribution in [3.63, 3.8) is 0 Å². The van der Waals surface area contributed by atoms with E-state index in [0.29, 0.717) is 6.61 Å². The maximum Gasteiger partial charge on any atom is 0.508 e. The minimum absolute atomic E-state index is 0.0151. The molecule has 0 aliphatic carbocycles. The molecule has 1 atom stereocenters. The topological polar surface area (TPSA) is 38.8 Å². The smallest absolute Gasteiger partial charge is 0.434 e. The van der Waals surface area contributed by atoms with Crippen LogP contribution in [0, 0.1) is 0 Å². The average Bonchev–Trinajstić information content (AvgIpc) is 2.90. The summed E-state index contributed by atoms with van der Waals surface area (Å²) in [7, 11) is 4.07. The van der Waals surface area contributed by atoms with Gasteiger partial charge in [0.15, 0.2) is 0 Å². The molecular formula is C34H67NO3. The molecule has 0 N–H and O–H groups in total. The van der Waals surface area contributed by atoms with Crippen molar-refractivity contribution in [2.75, 3.05) is 27.2 Å². The molecule has 0 saturated heterocycles. The summed E-state index contributed by atoms with van der Waals surface area (Å²) >= 11 is 0. The lowest BCUT2D eigenvalue weighted by Crippen LogP contribution is -2.21. The molecule has 0 fully saturated rings. The summed E-state index contributed by atoms with van der Waals surface area (Å²) < 4.78 is 11.1. The third-order valence-corrected chi connectivity index (χ3v) is 7.40. The SMILES string of the molecule is CCCCCCCC/C=C\CCCCCCCC(CCCCCCCCCC)OC(=O)OCCCN(C)C. The lowest BCUT2D eigenvalue weighted by Gasteiger charge is -2.18. The van der Waals surface area contributed by atoms with Crippen LogP contribution in [0.2, 0.25) is 0 Å². The van der Waals surface area contributed by atoms with E-state index in [9.17, 15) is 4.79 Å². The lowest BCUT2D eigenvalue weighted by molar-refractivity contribution is 0.0150. The molecule has 0 saturated carbocycles. The van der Waals surface area contributed by atoms with Crippen LogP contribution in [0.1, 0.15) is 168 Å². The number of allylic oxidation sites excluding steroid dienone is 2. The van der Waals surface area contributed by atoms with Gasteiger partial charge in [-0.25, -0.2) is 4.79 Å². The average molecular weight is 538 g/mol. The minimum atomic E-state index is -0.471. The van der Waals surface area contributed by atoms with Crippen LogP contribution in [0.15, 0.2) is 12.2 Å². The van der Waals surface area contributed by atoms with Crippen molar-refractivity contribution < 1.29 is 14.3 Å². The molecule has 4 nitrogen and oxygen atoms in total. The molecule has 0 spiro atoms. The summed E-state index contributed by atoms with van der Waals surface area (Å²) in [6.45, 7) is 5.91. The van der Waals surface area contributed by atoms with E-state index in [1.165, 1.54) is 122 Å². The van der Waals surface area contributed by atoms with Crippen LogP contribution in [-0.4, -0.2) is 44.4 Å². The van der Waals surface area contributed by atoms with Crippen molar-refractivity contribution in [1.82, 2.24) is 4.90 Å². The first-order valence-corrected chi connectivity index (χ1v) is 16.7. The summed E-state index contributed by atoms with van der Waals surface area (Å²) in [5, 5.41) is 0. The number of ether oxygens (including phenoxy) is 2. The number of hydrogen-bond acceptors (Lipinski definition) is 4. The third kappa shape index (κ3) is 29.5. The van der Waals surface area contributed by atoms with Crippen molar-refractivity contribution >= 4 is 6.16 Å². The fourth-order valence-corrected chi connectivity index (χ4v) is 4.92. The molecule has 0 aromatic carbocycles. The molecule has 0 heterocycles. The maximum atomic E-state index is 12.2. The van der Waals surface area contributed by atoms with Crippen molar-refractivity contribution in [3.8, 4) is 0 Å². The largest absolute Gasteiger partial charge is 0.508 e. The predicted octanol–water partition coefficient (Wildman–Crippen LogP) is 11.0. The van der Waals surface area contributed by atoms with Crippen molar-refractivity contribution in [2.45, 2.75) is 174 Å². The Labute approximate surface area is 238 Å². The quantitative estimate of drug-likeness (QED) is 0.0540. The van der Waals surface area contributed by atoms with Crippen LogP contribution >= 0.6 is 0 Å². The number of unbranched alkanes of at least 4 members (excludes halogenated alkanes) is 18. The van der Waals surface area contributed by atoms with Gasteiger partial charge in [-0.05, 0) is 71.9 Å². The van der Waals surface area contributed by atoms with Crippen molar-refractivity contribution in [2.24, 2.45) is 0 Å². The van der Waals surface area contributed by atoms with Gasteiger partial charge < -0.3 is 14.4 Å². The molecule has 1 unspecified atom stereocenters. The number of nitrogens with zero attached hydrogens (tertiary/aromatic N) is 1. The zero-order chi connectivity index (χ0) is 27.9. The van der Waals surface area contributed by atoms with E-state index in [1.807, 2.05) is 14.1 Å². The Bertz CT molecular complexity index is 506. The third-order valence-electron chi connectivity index (χ3n) is 7.40. The molecule has 0 amide bonds. The summed E-state index contributed by atoms with van der Waals surface area (Å²) in [4.78, 5) is 14.3. The molecule has 0 aromatic heterocycles. The number of carbonyl (C=O) groups is 1. The van der Waals surface area contributed by atoms with Gasteiger partial charge in [-0.15, -0.1) is 0 Å². The minimum Gasteiger partial charge on any atom is -0.434 e. The van der Waals surface area contributed by atoms with Crippen LogP contribution in [0.3, 0.4) is 0 Å². The van der Waals surface area contributed by atoms with Gasteiger partial charge in [-0.2, -0.15) is 0 Å². The summed E-state index contributed by atoms with van der Waals surface area (Å²) in [5.74, 6) is 0. The summed E-state index contributed by atoms with van der Waals surface area (Å²) in [6.07, 6.45) is 34.6. The van der Waals surface area contributed by atoms with Crippen molar-refractivity contribution in [1.29, 1.82) is 0 Å². The Morgan fingerprint density at radius 1 is 0.605 bits per heavy atom. The first-order valence-electron chi connectivity index (χ1n) is 16.7. The van der Waals surface area contributed by atoms with E-state index < -0.39 is 6.16 Å². The van der Waals surface area contributed by atoms with Crippen LogP contribution in [0.5, 0.6) is 0 Å². The molecule has 0 aromatic rings. The van der Waals surface area contributed by atoms with Gasteiger partial charge >= 0.3 is 6.16 Å². The Balaban J connectivity index is 3.98. The van der Waals surface area contributed by atoms with Crippen LogP contribution in [0.4, 0.5) is 4.79 Å². The molecule has 226 valence electrons. The van der Waals surface area contributed by atoms with Gasteiger partial charge in [-0.3, -0.25) is 0 Å². The zero-order valence-corrected chi connectivity index (χ0v) is 26.3. The second-order valence-electron chi connectivity index (χ2n) is 11.6. The van der Waals surface area contributed by atoms with Crippen LogP contribution < -0.4 is 0 Å². The molecule has 38 heavy (non-hydrogen) atoms. The highest BCUT2D eigenvalue weighted by atomic mass is 16.7. The van der Waals surface area contributed by atoms with E-state index >= 15 is 0 Å². The van der Waals surface area contributed by atoms with Gasteiger partial charge in [0.1, 0.15) is 6.10 Å². The van der Waals surface area contributed by atoms with E-state index in [1.54, 1.807) is 0 Å². The highest BCUT2D eigenvalue weighted by Gasteiger charge is 2.15. The molecule has 4 heteroatoms. The fraction of sp³-hybridized carbons (Fsp3) is 0.912. The van der Waals surface area contributed by atoms with E-state index in [0.717, 1.165) is 38.6 Å². The summed E-state index contributed by atoms with van der Waals surface area (Å²) in [6, 6.07) is 0. The molecular weight excluding hydrogens is 470 g/mol. The normalized spacial score (nSPS) is 12.4. The predicted molar refractivity (Wildman–Crippen MR) is 166 cm³/mol. The Morgan fingerprint density at radius 2 is 1.03 bits per heavy atom.